The molecule has 7 heteroatoms. The fourth-order valence-electron chi connectivity index (χ4n) is 4.27. The van der Waals surface area contributed by atoms with Gasteiger partial charge in [-0.2, -0.15) is 0 Å². The maximum atomic E-state index is 13.3. The number of nitrogens with zero attached hydrogens (tertiary/aromatic N) is 1. The Bertz CT molecular complexity index is 1640. The van der Waals surface area contributed by atoms with Crippen molar-refractivity contribution in [1.82, 2.24) is 0 Å². The summed E-state index contributed by atoms with van der Waals surface area (Å²) in [7, 11) is 0. The smallest absolute Gasteiger partial charge is 0.337 e. The Labute approximate surface area is 191 Å². The molecule has 2 heterocycles. The van der Waals surface area contributed by atoms with Gasteiger partial charge in [0, 0.05) is 10.8 Å². The fraction of sp³-hybridized carbons (Fsp3) is 0. The van der Waals surface area contributed by atoms with Crippen LogP contribution in [0.1, 0.15) is 31.1 Å². The van der Waals surface area contributed by atoms with Crippen LogP contribution in [0.3, 0.4) is 0 Å². The highest BCUT2D eigenvalue weighted by molar-refractivity contribution is 6.36. The van der Waals surface area contributed by atoms with Gasteiger partial charge in [0.2, 0.25) is 0 Å². The third kappa shape index (κ3) is 2.87. The number of benzene rings is 4. The van der Waals surface area contributed by atoms with E-state index in [9.17, 15) is 19.5 Å². The third-order valence-corrected chi connectivity index (χ3v) is 5.83. The molecule has 0 saturated heterocycles. The number of rotatable bonds is 2. The van der Waals surface area contributed by atoms with Crippen molar-refractivity contribution in [2.75, 3.05) is 4.90 Å². The first-order chi connectivity index (χ1) is 16.5. The van der Waals surface area contributed by atoms with Gasteiger partial charge in [0.15, 0.2) is 11.2 Å². The molecule has 0 unspecified atom stereocenters. The zero-order valence-electron chi connectivity index (χ0n) is 17.5. The van der Waals surface area contributed by atoms with Crippen molar-refractivity contribution >= 4 is 56.6 Å². The monoisotopic (exact) mass is 449 g/mol. The minimum atomic E-state index is -1.24. The number of anilines is 1. The summed E-state index contributed by atoms with van der Waals surface area (Å²) in [4.78, 5) is 39.1. The molecule has 0 bridgehead atoms. The van der Waals surface area contributed by atoms with Crippen LogP contribution in [0.2, 0.25) is 0 Å². The van der Waals surface area contributed by atoms with E-state index >= 15 is 0 Å². The van der Waals surface area contributed by atoms with E-state index in [1.54, 1.807) is 6.07 Å². The van der Waals surface area contributed by atoms with Crippen LogP contribution in [-0.2, 0) is 0 Å². The average molecular weight is 449 g/mol. The van der Waals surface area contributed by atoms with Gasteiger partial charge < -0.3 is 13.9 Å². The number of carbonyl (C=O) groups is 3. The molecule has 0 saturated carbocycles. The molecule has 5 aromatic rings. The summed E-state index contributed by atoms with van der Waals surface area (Å²) >= 11 is 0. The summed E-state index contributed by atoms with van der Waals surface area (Å²) in [6, 6.07) is 23.8. The van der Waals surface area contributed by atoms with E-state index < -0.39 is 17.8 Å². The van der Waals surface area contributed by atoms with Crippen LogP contribution in [0.25, 0.3) is 33.1 Å². The Morgan fingerprint density at radius 3 is 1.65 bits per heavy atom. The van der Waals surface area contributed by atoms with Crippen LogP contribution in [0.15, 0.2) is 93.8 Å². The molecular formula is C27H15NO6. The zero-order chi connectivity index (χ0) is 23.4. The van der Waals surface area contributed by atoms with Crippen LogP contribution in [0.5, 0.6) is 0 Å². The Balaban J connectivity index is 1.65. The molecule has 6 rings (SSSR count). The molecule has 0 aliphatic carbocycles. The number of para-hydroxylation sites is 3. The van der Waals surface area contributed by atoms with Crippen LogP contribution >= 0.6 is 0 Å². The molecule has 1 N–H and O–H groups in total. The van der Waals surface area contributed by atoms with Gasteiger partial charge >= 0.3 is 5.97 Å². The molecule has 7 nitrogen and oxygen atoms in total. The van der Waals surface area contributed by atoms with Crippen molar-refractivity contribution in [3.8, 4) is 0 Å². The quantitative estimate of drug-likeness (QED) is 0.334. The second-order valence-corrected chi connectivity index (χ2v) is 7.81. The summed E-state index contributed by atoms with van der Waals surface area (Å²) in [6.07, 6.45) is 0. The number of carboxylic acids is 1. The summed E-state index contributed by atoms with van der Waals surface area (Å²) < 4.78 is 12.3. The lowest BCUT2D eigenvalue weighted by Gasteiger charge is -2.16. The molecule has 0 spiro atoms. The SMILES string of the molecule is O=C(O)c1ccccc1N1C(=O)c2cc3oc4ccccc4c4ccccc4oc3cc2C1=O. The lowest BCUT2D eigenvalue weighted by molar-refractivity contribution is 0.0698. The van der Waals surface area contributed by atoms with Crippen LogP contribution in [0.4, 0.5) is 5.69 Å². The number of imide groups is 1. The number of hydrogen-bond donors (Lipinski definition) is 1. The lowest BCUT2D eigenvalue weighted by Crippen LogP contribution is -2.30. The highest BCUT2D eigenvalue weighted by Crippen LogP contribution is 2.34. The molecular weight excluding hydrogens is 434 g/mol. The molecule has 0 atom stereocenters. The molecule has 34 heavy (non-hydrogen) atoms. The summed E-state index contributed by atoms with van der Waals surface area (Å²) in [5.74, 6) is -2.49. The number of aromatic carboxylic acids is 1. The van der Waals surface area contributed by atoms with E-state index in [0.717, 1.165) is 15.7 Å². The van der Waals surface area contributed by atoms with Crippen molar-refractivity contribution in [2.45, 2.75) is 0 Å². The fourth-order valence-corrected chi connectivity index (χ4v) is 4.27. The van der Waals surface area contributed by atoms with Gasteiger partial charge in [-0.25, -0.2) is 9.69 Å². The number of carboxylic acid groups (broad SMARTS) is 1. The van der Waals surface area contributed by atoms with E-state index in [4.69, 9.17) is 8.83 Å². The zero-order valence-corrected chi connectivity index (χ0v) is 17.5. The first kappa shape index (κ1) is 19.8. The highest BCUT2D eigenvalue weighted by Gasteiger charge is 2.39. The first-order valence-corrected chi connectivity index (χ1v) is 10.5. The number of fused-ring (bicyclic) bond motifs is 5. The Hall–Kier alpha value is -4.91. The van der Waals surface area contributed by atoms with E-state index in [1.165, 1.54) is 30.3 Å². The molecule has 0 radical (unpaired) electrons. The third-order valence-electron chi connectivity index (χ3n) is 5.83. The molecule has 164 valence electrons. The molecule has 0 fully saturated rings. The van der Waals surface area contributed by atoms with Gasteiger partial charge in [0.05, 0.1) is 22.4 Å². The minimum absolute atomic E-state index is 0.00569. The highest BCUT2D eigenvalue weighted by atomic mass is 16.4. The summed E-state index contributed by atoms with van der Waals surface area (Å²) in [6.45, 7) is 0. The molecule has 1 aromatic heterocycles. The normalized spacial score (nSPS) is 13.0. The Morgan fingerprint density at radius 1 is 0.647 bits per heavy atom. The predicted molar refractivity (Wildman–Crippen MR) is 126 cm³/mol. The van der Waals surface area contributed by atoms with Crippen LogP contribution < -0.4 is 4.90 Å². The second-order valence-electron chi connectivity index (χ2n) is 7.81. The summed E-state index contributed by atoms with van der Waals surface area (Å²) in [5.41, 5.74) is 1.77. The largest absolute Gasteiger partial charge is 0.478 e. The molecule has 4 aromatic carbocycles. The van der Waals surface area contributed by atoms with E-state index in [1.807, 2.05) is 48.5 Å². The predicted octanol–water partition coefficient (Wildman–Crippen LogP) is 5.96. The number of hydrogen-bond acceptors (Lipinski definition) is 5. The first-order valence-electron chi connectivity index (χ1n) is 10.5. The maximum absolute atomic E-state index is 13.3. The Morgan fingerprint density at radius 2 is 1.12 bits per heavy atom. The average Bonchev–Trinajstić information content (AvgIpc) is 3.08. The lowest BCUT2D eigenvalue weighted by atomic mass is 10.1. The molecule has 2 amide bonds. The maximum Gasteiger partial charge on any atom is 0.337 e. The van der Waals surface area contributed by atoms with Gasteiger partial charge in [0.25, 0.3) is 11.8 Å². The number of amides is 2. The standard InChI is InChI=1S/C27H15NO6/c29-25-18-13-23-24(14-19(18)26(30)28(25)20-10-4-1-9-17(20)27(31)32)34-22-12-6-3-8-16(22)15-7-2-5-11-21(15)33-23/h1-14H,(H,31,32). The Kier molecular flexibility index (Phi) is 4.25. The van der Waals surface area contributed by atoms with Crippen molar-refractivity contribution < 1.29 is 28.3 Å². The van der Waals surface area contributed by atoms with Gasteiger partial charge in [-0.1, -0.05) is 48.5 Å². The van der Waals surface area contributed by atoms with E-state index in [2.05, 4.69) is 0 Å². The van der Waals surface area contributed by atoms with Crippen molar-refractivity contribution in [1.29, 1.82) is 0 Å². The van der Waals surface area contributed by atoms with Crippen molar-refractivity contribution in [3.63, 3.8) is 0 Å². The van der Waals surface area contributed by atoms with Gasteiger partial charge in [-0.05, 0) is 36.4 Å². The van der Waals surface area contributed by atoms with Gasteiger partial charge in [0.1, 0.15) is 11.2 Å². The number of carbonyl (C=O) groups excluding carboxylic acids is 2. The second kappa shape index (κ2) is 7.31. The van der Waals surface area contributed by atoms with E-state index in [-0.39, 0.29) is 33.5 Å². The van der Waals surface area contributed by atoms with E-state index in [0.29, 0.717) is 11.2 Å². The molecule has 1 aliphatic rings. The van der Waals surface area contributed by atoms with Crippen molar-refractivity contribution in [3.05, 3.63) is 102 Å². The van der Waals surface area contributed by atoms with Crippen LogP contribution in [-0.4, -0.2) is 22.9 Å². The van der Waals surface area contributed by atoms with Gasteiger partial charge in [-0.3, -0.25) is 9.59 Å². The van der Waals surface area contributed by atoms with Crippen molar-refractivity contribution in [2.24, 2.45) is 0 Å². The minimum Gasteiger partial charge on any atom is -0.478 e. The topological polar surface area (TPSA) is 101 Å². The molecule has 1 aliphatic heterocycles. The van der Waals surface area contributed by atoms with Gasteiger partial charge in [-0.15, -0.1) is 0 Å². The van der Waals surface area contributed by atoms with Crippen LogP contribution in [0, 0.1) is 0 Å². The summed E-state index contributed by atoms with van der Waals surface area (Å²) in [5, 5.41) is 11.2.